The number of carbonyl (C=O) groups excluding carboxylic acids is 1. The van der Waals surface area contributed by atoms with Crippen molar-refractivity contribution in [1.29, 1.82) is 0 Å². The quantitative estimate of drug-likeness (QED) is 0.330. The van der Waals surface area contributed by atoms with Crippen molar-refractivity contribution in [2.45, 2.75) is 13.0 Å². The van der Waals surface area contributed by atoms with Crippen molar-refractivity contribution in [2.75, 3.05) is 27.7 Å². The number of nitrogens with zero attached hydrogens (tertiary/aromatic N) is 3. The molecule has 2 N–H and O–H groups in total. The SMILES string of the molecule is CN=C(NCCc1cccc(C(=O)N(C)C)c1)NCc1cccc([N+](=O)[O-])c1. The number of nitro groups is 1. The molecule has 0 unspecified atom stereocenters. The molecule has 0 aliphatic heterocycles. The van der Waals surface area contributed by atoms with Crippen LogP contribution >= 0.6 is 0 Å². The van der Waals surface area contributed by atoms with Gasteiger partial charge < -0.3 is 15.5 Å². The highest BCUT2D eigenvalue weighted by atomic mass is 16.6. The Morgan fingerprint density at radius 1 is 1.11 bits per heavy atom. The Bertz CT molecular complexity index is 864. The monoisotopic (exact) mass is 383 g/mol. The second-order valence-electron chi connectivity index (χ2n) is 6.43. The lowest BCUT2D eigenvalue weighted by atomic mass is 10.1. The Labute approximate surface area is 164 Å². The van der Waals surface area contributed by atoms with E-state index in [-0.39, 0.29) is 11.6 Å². The van der Waals surface area contributed by atoms with E-state index in [9.17, 15) is 14.9 Å². The second-order valence-corrected chi connectivity index (χ2v) is 6.43. The molecule has 0 atom stereocenters. The van der Waals surface area contributed by atoms with Crippen molar-refractivity contribution >= 4 is 17.6 Å². The number of guanidine groups is 1. The Hall–Kier alpha value is -3.42. The summed E-state index contributed by atoms with van der Waals surface area (Å²) in [6.07, 6.45) is 0.728. The predicted molar refractivity (Wildman–Crippen MR) is 109 cm³/mol. The summed E-state index contributed by atoms with van der Waals surface area (Å²) in [4.78, 5) is 28.2. The second kappa shape index (κ2) is 10.1. The van der Waals surface area contributed by atoms with Crippen LogP contribution in [0.3, 0.4) is 0 Å². The molecule has 0 saturated carbocycles. The van der Waals surface area contributed by atoms with E-state index in [1.807, 2.05) is 24.3 Å². The van der Waals surface area contributed by atoms with Gasteiger partial charge in [-0.05, 0) is 29.7 Å². The predicted octanol–water partition coefficient (Wildman–Crippen LogP) is 2.20. The van der Waals surface area contributed by atoms with Crippen LogP contribution in [-0.2, 0) is 13.0 Å². The zero-order valence-corrected chi connectivity index (χ0v) is 16.3. The number of hydrogen-bond donors (Lipinski definition) is 2. The van der Waals surface area contributed by atoms with E-state index in [0.717, 1.165) is 17.5 Å². The number of hydrogen-bond acceptors (Lipinski definition) is 4. The highest BCUT2D eigenvalue weighted by Gasteiger charge is 2.09. The van der Waals surface area contributed by atoms with Crippen LogP contribution in [0.25, 0.3) is 0 Å². The van der Waals surface area contributed by atoms with Crippen molar-refractivity contribution < 1.29 is 9.72 Å². The van der Waals surface area contributed by atoms with Crippen LogP contribution in [0.4, 0.5) is 5.69 Å². The normalized spacial score (nSPS) is 11.0. The van der Waals surface area contributed by atoms with E-state index in [1.54, 1.807) is 38.2 Å². The molecule has 8 heteroatoms. The summed E-state index contributed by atoms with van der Waals surface area (Å²) in [5.74, 6) is 0.580. The van der Waals surface area contributed by atoms with Crippen molar-refractivity contribution in [1.82, 2.24) is 15.5 Å². The first-order valence-corrected chi connectivity index (χ1v) is 8.89. The Morgan fingerprint density at radius 3 is 2.50 bits per heavy atom. The van der Waals surface area contributed by atoms with Crippen LogP contribution in [0.15, 0.2) is 53.5 Å². The number of rotatable bonds is 7. The van der Waals surface area contributed by atoms with E-state index in [2.05, 4.69) is 15.6 Å². The van der Waals surface area contributed by atoms with Gasteiger partial charge in [-0.15, -0.1) is 0 Å². The molecular formula is C20H25N5O3. The number of benzene rings is 2. The maximum absolute atomic E-state index is 12.1. The highest BCUT2D eigenvalue weighted by molar-refractivity contribution is 5.94. The maximum atomic E-state index is 12.1. The molecule has 0 heterocycles. The standard InChI is InChI=1S/C20H25N5O3/c1-21-20(23-14-16-7-5-9-18(13-16)25(27)28)22-11-10-15-6-4-8-17(12-15)19(26)24(2)3/h4-9,12-13H,10-11,14H2,1-3H3,(H2,21,22,23). The van der Waals surface area contributed by atoms with E-state index in [4.69, 9.17) is 0 Å². The van der Waals surface area contributed by atoms with Crippen molar-refractivity contribution in [2.24, 2.45) is 4.99 Å². The molecular weight excluding hydrogens is 358 g/mol. The highest BCUT2D eigenvalue weighted by Crippen LogP contribution is 2.12. The van der Waals surface area contributed by atoms with E-state index >= 15 is 0 Å². The van der Waals surface area contributed by atoms with Crippen molar-refractivity contribution in [3.05, 3.63) is 75.3 Å². The van der Waals surface area contributed by atoms with Crippen LogP contribution in [0.5, 0.6) is 0 Å². The number of amides is 1. The summed E-state index contributed by atoms with van der Waals surface area (Å²) >= 11 is 0. The number of nitro benzene ring substituents is 1. The molecule has 2 rings (SSSR count). The van der Waals surface area contributed by atoms with Crippen LogP contribution in [0.2, 0.25) is 0 Å². The molecule has 148 valence electrons. The minimum atomic E-state index is -0.411. The van der Waals surface area contributed by atoms with Gasteiger partial charge in [0.15, 0.2) is 5.96 Å². The van der Waals surface area contributed by atoms with E-state index in [1.165, 1.54) is 12.1 Å². The van der Waals surface area contributed by atoms with Gasteiger partial charge in [-0.1, -0.05) is 24.3 Å². The van der Waals surface area contributed by atoms with E-state index < -0.39 is 4.92 Å². The molecule has 0 aromatic heterocycles. The number of nitrogens with one attached hydrogen (secondary N) is 2. The topological polar surface area (TPSA) is 99.9 Å². The third kappa shape index (κ3) is 6.08. The molecule has 0 radical (unpaired) electrons. The number of carbonyl (C=O) groups is 1. The molecule has 0 saturated heterocycles. The first-order chi connectivity index (χ1) is 13.4. The largest absolute Gasteiger partial charge is 0.356 e. The minimum Gasteiger partial charge on any atom is -0.356 e. The number of aliphatic imine (C=N–C) groups is 1. The molecule has 0 aliphatic rings. The van der Waals surface area contributed by atoms with Crippen LogP contribution in [-0.4, -0.2) is 49.4 Å². The molecule has 28 heavy (non-hydrogen) atoms. The van der Waals surface area contributed by atoms with Gasteiger partial charge in [-0.3, -0.25) is 19.9 Å². The third-order valence-corrected chi connectivity index (χ3v) is 4.09. The number of non-ortho nitro benzene ring substituents is 1. The fourth-order valence-electron chi connectivity index (χ4n) is 2.63. The fraction of sp³-hybridized carbons (Fsp3) is 0.300. The van der Waals surface area contributed by atoms with Gasteiger partial charge >= 0.3 is 0 Å². The average molecular weight is 383 g/mol. The van der Waals surface area contributed by atoms with E-state index in [0.29, 0.717) is 24.6 Å². The lowest BCUT2D eigenvalue weighted by molar-refractivity contribution is -0.384. The third-order valence-electron chi connectivity index (χ3n) is 4.09. The summed E-state index contributed by atoms with van der Waals surface area (Å²) in [5, 5.41) is 17.2. The first kappa shape index (κ1) is 20.9. The summed E-state index contributed by atoms with van der Waals surface area (Å²) < 4.78 is 0. The molecule has 1 amide bonds. The Balaban J connectivity index is 1.86. The van der Waals surface area contributed by atoms with Gasteiger partial charge in [0.1, 0.15) is 0 Å². The van der Waals surface area contributed by atoms with Crippen LogP contribution < -0.4 is 10.6 Å². The van der Waals surface area contributed by atoms with Gasteiger partial charge in [-0.25, -0.2) is 0 Å². The molecule has 0 spiro atoms. The zero-order chi connectivity index (χ0) is 20.5. The molecule has 0 bridgehead atoms. The summed E-state index contributed by atoms with van der Waals surface area (Å²) in [7, 11) is 5.13. The van der Waals surface area contributed by atoms with Crippen LogP contribution in [0, 0.1) is 10.1 Å². The van der Waals surface area contributed by atoms with Gasteiger partial charge in [0.2, 0.25) is 0 Å². The lowest BCUT2D eigenvalue weighted by Gasteiger charge is -2.13. The van der Waals surface area contributed by atoms with Gasteiger partial charge in [0.05, 0.1) is 4.92 Å². The minimum absolute atomic E-state index is 0.0239. The summed E-state index contributed by atoms with van der Waals surface area (Å²) in [6.45, 7) is 1.06. The summed E-state index contributed by atoms with van der Waals surface area (Å²) in [5.41, 5.74) is 2.58. The van der Waals surface area contributed by atoms with Gasteiger partial charge in [0, 0.05) is 51.9 Å². The van der Waals surface area contributed by atoms with Crippen molar-refractivity contribution in [3.63, 3.8) is 0 Å². The average Bonchev–Trinajstić information content (AvgIpc) is 2.70. The zero-order valence-electron chi connectivity index (χ0n) is 16.3. The van der Waals surface area contributed by atoms with Gasteiger partial charge in [-0.2, -0.15) is 0 Å². The van der Waals surface area contributed by atoms with Gasteiger partial charge in [0.25, 0.3) is 11.6 Å². The lowest BCUT2D eigenvalue weighted by Crippen LogP contribution is -2.37. The van der Waals surface area contributed by atoms with Crippen LogP contribution in [0.1, 0.15) is 21.5 Å². The molecule has 2 aromatic rings. The smallest absolute Gasteiger partial charge is 0.269 e. The Kier molecular flexibility index (Phi) is 7.50. The summed E-state index contributed by atoms with van der Waals surface area (Å²) in [6, 6.07) is 14.0. The molecule has 8 nitrogen and oxygen atoms in total. The first-order valence-electron chi connectivity index (χ1n) is 8.89. The fourth-order valence-corrected chi connectivity index (χ4v) is 2.63. The molecule has 0 aliphatic carbocycles. The molecule has 0 fully saturated rings. The Morgan fingerprint density at radius 2 is 1.82 bits per heavy atom. The van der Waals surface area contributed by atoms with Crippen molar-refractivity contribution in [3.8, 4) is 0 Å². The maximum Gasteiger partial charge on any atom is 0.269 e. The molecule has 2 aromatic carbocycles.